The molecule has 2 aromatic carbocycles. The van der Waals surface area contributed by atoms with Crippen LogP contribution in [0, 0.1) is 0 Å². The Kier molecular flexibility index (Phi) is 5.98. The third kappa shape index (κ3) is 4.60. The minimum absolute atomic E-state index is 0.197. The molecular weight excluding hydrogens is 368 g/mol. The first-order valence-electron chi connectivity index (χ1n) is 8.32. The Labute approximate surface area is 162 Å². The molecule has 140 valence electrons. The molecule has 0 saturated carbocycles. The molecular formula is C20H19ClN2O4. The molecule has 3 aromatic rings. The van der Waals surface area contributed by atoms with E-state index in [4.69, 9.17) is 25.6 Å². The van der Waals surface area contributed by atoms with Gasteiger partial charge in [-0.1, -0.05) is 16.8 Å². The van der Waals surface area contributed by atoms with Crippen molar-refractivity contribution in [1.82, 2.24) is 10.5 Å². The minimum atomic E-state index is -0.197. The van der Waals surface area contributed by atoms with Gasteiger partial charge in [0.1, 0.15) is 0 Å². The number of carbonyl (C=O) groups excluding carboxylic acids is 1. The summed E-state index contributed by atoms with van der Waals surface area (Å²) in [5.74, 6) is 1.55. The molecule has 0 aliphatic carbocycles. The number of aromatic nitrogens is 1. The molecule has 27 heavy (non-hydrogen) atoms. The lowest BCUT2D eigenvalue weighted by molar-refractivity contribution is 0.0953. The number of nitrogens with one attached hydrogen (secondary N) is 1. The highest BCUT2D eigenvalue weighted by atomic mass is 35.5. The number of methoxy groups -OCH3 is 2. The maximum atomic E-state index is 12.3. The molecule has 3 rings (SSSR count). The van der Waals surface area contributed by atoms with Gasteiger partial charge in [0.25, 0.3) is 5.91 Å². The SMILES string of the molecule is COc1ccc(C(=O)NCCc2cc(-c3ccc(Cl)cc3)on2)cc1OC. The topological polar surface area (TPSA) is 73.6 Å². The Morgan fingerprint density at radius 2 is 1.81 bits per heavy atom. The van der Waals surface area contributed by atoms with Crippen molar-refractivity contribution in [1.29, 1.82) is 0 Å². The second-order valence-electron chi connectivity index (χ2n) is 5.77. The lowest BCUT2D eigenvalue weighted by Crippen LogP contribution is -2.25. The van der Waals surface area contributed by atoms with Crippen molar-refractivity contribution in [2.75, 3.05) is 20.8 Å². The second kappa shape index (κ2) is 8.60. The maximum Gasteiger partial charge on any atom is 0.251 e. The van der Waals surface area contributed by atoms with Gasteiger partial charge in [-0.05, 0) is 42.5 Å². The van der Waals surface area contributed by atoms with E-state index in [2.05, 4.69) is 10.5 Å². The van der Waals surface area contributed by atoms with E-state index < -0.39 is 0 Å². The van der Waals surface area contributed by atoms with E-state index in [-0.39, 0.29) is 5.91 Å². The van der Waals surface area contributed by atoms with Gasteiger partial charge in [0.05, 0.1) is 19.9 Å². The molecule has 1 aromatic heterocycles. The van der Waals surface area contributed by atoms with Gasteiger partial charge in [-0.25, -0.2) is 0 Å². The molecule has 1 N–H and O–H groups in total. The molecule has 1 amide bonds. The van der Waals surface area contributed by atoms with Gasteiger partial charge in [-0.2, -0.15) is 0 Å². The maximum absolute atomic E-state index is 12.3. The molecule has 0 unspecified atom stereocenters. The van der Waals surface area contributed by atoms with Gasteiger partial charge in [-0.3, -0.25) is 4.79 Å². The fourth-order valence-corrected chi connectivity index (χ4v) is 2.69. The van der Waals surface area contributed by atoms with E-state index in [1.165, 1.54) is 7.11 Å². The molecule has 0 aliphatic heterocycles. The number of hydrogen-bond donors (Lipinski definition) is 1. The quantitative estimate of drug-likeness (QED) is 0.664. The zero-order valence-corrected chi connectivity index (χ0v) is 15.7. The van der Waals surface area contributed by atoms with Gasteiger partial charge >= 0.3 is 0 Å². The van der Waals surface area contributed by atoms with Crippen LogP contribution in [-0.2, 0) is 6.42 Å². The van der Waals surface area contributed by atoms with E-state index in [9.17, 15) is 4.79 Å². The smallest absolute Gasteiger partial charge is 0.251 e. The van der Waals surface area contributed by atoms with Crippen LogP contribution in [-0.4, -0.2) is 31.8 Å². The highest BCUT2D eigenvalue weighted by molar-refractivity contribution is 6.30. The fourth-order valence-electron chi connectivity index (χ4n) is 2.56. The molecule has 1 heterocycles. The Bertz CT molecular complexity index is 922. The molecule has 6 nitrogen and oxygen atoms in total. The lowest BCUT2D eigenvalue weighted by Gasteiger charge is -2.09. The molecule has 0 atom stereocenters. The Morgan fingerprint density at radius 3 is 2.52 bits per heavy atom. The summed E-state index contributed by atoms with van der Waals surface area (Å²) < 4.78 is 15.7. The number of carbonyl (C=O) groups is 1. The van der Waals surface area contributed by atoms with Gasteiger partial charge in [0.15, 0.2) is 17.3 Å². The number of nitrogens with zero attached hydrogens (tertiary/aromatic N) is 1. The first kappa shape index (κ1) is 18.8. The average Bonchev–Trinajstić information content (AvgIpc) is 3.16. The minimum Gasteiger partial charge on any atom is -0.493 e. The summed E-state index contributed by atoms with van der Waals surface area (Å²) in [6.45, 7) is 0.430. The van der Waals surface area contributed by atoms with Crippen LogP contribution in [0.2, 0.25) is 5.02 Å². The summed E-state index contributed by atoms with van der Waals surface area (Å²) in [6, 6.07) is 14.2. The van der Waals surface area contributed by atoms with Crippen molar-refractivity contribution >= 4 is 17.5 Å². The highest BCUT2D eigenvalue weighted by Crippen LogP contribution is 2.27. The van der Waals surface area contributed by atoms with Crippen LogP contribution in [0.3, 0.4) is 0 Å². The van der Waals surface area contributed by atoms with Crippen molar-refractivity contribution in [3.63, 3.8) is 0 Å². The molecule has 0 spiro atoms. The number of amides is 1. The monoisotopic (exact) mass is 386 g/mol. The Hall–Kier alpha value is -2.99. The molecule has 0 aliphatic rings. The number of ether oxygens (including phenoxy) is 2. The van der Waals surface area contributed by atoms with Crippen LogP contribution in [0.1, 0.15) is 16.1 Å². The third-order valence-electron chi connectivity index (χ3n) is 4.00. The van der Waals surface area contributed by atoms with E-state index in [0.717, 1.165) is 11.3 Å². The van der Waals surface area contributed by atoms with Crippen LogP contribution < -0.4 is 14.8 Å². The second-order valence-corrected chi connectivity index (χ2v) is 6.20. The summed E-state index contributed by atoms with van der Waals surface area (Å²) in [6.07, 6.45) is 0.552. The third-order valence-corrected chi connectivity index (χ3v) is 4.25. The van der Waals surface area contributed by atoms with E-state index in [1.54, 1.807) is 37.4 Å². The summed E-state index contributed by atoms with van der Waals surface area (Å²) in [4.78, 5) is 12.3. The summed E-state index contributed by atoms with van der Waals surface area (Å²) in [5, 5.41) is 7.56. The van der Waals surface area contributed by atoms with Crippen LogP contribution in [0.25, 0.3) is 11.3 Å². The van der Waals surface area contributed by atoms with Gasteiger partial charge in [0.2, 0.25) is 0 Å². The van der Waals surface area contributed by atoms with Crippen LogP contribution in [0.4, 0.5) is 0 Å². The number of benzene rings is 2. The molecule has 0 fully saturated rings. The van der Waals surface area contributed by atoms with E-state index in [0.29, 0.717) is 40.8 Å². The van der Waals surface area contributed by atoms with Gasteiger partial charge in [0, 0.05) is 35.2 Å². The molecule has 0 bridgehead atoms. The standard InChI is InChI=1S/C20H19ClN2O4/c1-25-17-8-5-14(11-19(17)26-2)20(24)22-10-9-16-12-18(27-23-16)13-3-6-15(21)7-4-13/h3-8,11-12H,9-10H2,1-2H3,(H,22,24). The van der Waals surface area contributed by atoms with Crippen molar-refractivity contribution in [3.05, 3.63) is 64.8 Å². The van der Waals surface area contributed by atoms with Crippen molar-refractivity contribution in [3.8, 4) is 22.8 Å². The normalized spacial score (nSPS) is 10.5. The summed E-state index contributed by atoms with van der Waals surface area (Å²) >= 11 is 5.89. The number of rotatable bonds is 7. The van der Waals surface area contributed by atoms with Crippen molar-refractivity contribution in [2.24, 2.45) is 0 Å². The first-order chi connectivity index (χ1) is 13.1. The fraction of sp³-hybridized carbons (Fsp3) is 0.200. The van der Waals surface area contributed by atoms with Crippen LogP contribution in [0.5, 0.6) is 11.5 Å². The zero-order valence-electron chi connectivity index (χ0n) is 15.0. The molecule has 0 radical (unpaired) electrons. The lowest BCUT2D eigenvalue weighted by atomic mass is 10.1. The highest BCUT2D eigenvalue weighted by Gasteiger charge is 2.11. The molecule has 7 heteroatoms. The predicted molar refractivity (Wildman–Crippen MR) is 103 cm³/mol. The van der Waals surface area contributed by atoms with Crippen molar-refractivity contribution in [2.45, 2.75) is 6.42 Å². The van der Waals surface area contributed by atoms with Gasteiger partial charge < -0.3 is 19.3 Å². The Balaban J connectivity index is 1.57. The van der Waals surface area contributed by atoms with E-state index in [1.807, 2.05) is 18.2 Å². The predicted octanol–water partition coefficient (Wildman–Crippen LogP) is 3.98. The Morgan fingerprint density at radius 1 is 1.07 bits per heavy atom. The van der Waals surface area contributed by atoms with Gasteiger partial charge in [-0.15, -0.1) is 0 Å². The average molecular weight is 387 g/mol. The van der Waals surface area contributed by atoms with Crippen LogP contribution in [0.15, 0.2) is 53.1 Å². The van der Waals surface area contributed by atoms with Crippen molar-refractivity contribution < 1.29 is 18.8 Å². The summed E-state index contributed by atoms with van der Waals surface area (Å²) in [7, 11) is 3.08. The first-order valence-corrected chi connectivity index (χ1v) is 8.70. The largest absolute Gasteiger partial charge is 0.493 e. The summed E-state index contributed by atoms with van der Waals surface area (Å²) in [5.41, 5.74) is 2.15. The molecule has 0 saturated heterocycles. The number of halogens is 1. The zero-order chi connectivity index (χ0) is 19.2. The van der Waals surface area contributed by atoms with Crippen LogP contribution >= 0.6 is 11.6 Å². The number of hydrogen-bond acceptors (Lipinski definition) is 5. The van der Waals surface area contributed by atoms with E-state index >= 15 is 0 Å².